The lowest BCUT2D eigenvalue weighted by molar-refractivity contribution is 0.0940. The summed E-state index contributed by atoms with van der Waals surface area (Å²) in [5.41, 5.74) is 1.33. The minimum Gasteiger partial charge on any atom is -0.346 e. The summed E-state index contributed by atoms with van der Waals surface area (Å²) in [6, 6.07) is 12.9. The molecule has 3 N–H and O–H groups in total. The molecule has 1 amide bonds. The van der Waals surface area contributed by atoms with Gasteiger partial charge in [0.2, 0.25) is 10.0 Å². The Morgan fingerprint density at radius 2 is 1.82 bits per heavy atom. The number of carbonyl (C=O) groups excluding carboxylic acids is 1. The minimum absolute atomic E-state index is 0.0433. The standard InChI is InChI=1S/C15H15BrN2O3S/c1-10(11-5-7-14(8-6-11)22(17,20)21)18-15(19)12-3-2-4-13(16)9-12/h2-10H,1H3,(H,18,19)(H2,17,20,21). The zero-order valence-corrected chi connectivity index (χ0v) is 14.2. The molecule has 0 saturated heterocycles. The van der Waals surface area contributed by atoms with Gasteiger partial charge in [0, 0.05) is 10.0 Å². The number of halogens is 1. The molecule has 0 aromatic heterocycles. The molecule has 116 valence electrons. The molecule has 22 heavy (non-hydrogen) atoms. The third-order valence-electron chi connectivity index (χ3n) is 3.14. The van der Waals surface area contributed by atoms with E-state index in [1.165, 1.54) is 12.1 Å². The Hall–Kier alpha value is -1.70. The molecule has 0 fully saturated rings. The van der Waals surface area contributed by atoms with Gasteiger partial charge in [-0.05, 0) is 42.8 Å². The zero-order valence-electron chi connectivity index (χ0n) is 11.8. The maximum absolute atomic E-state index is 12.2. The average molecular weight is 383 g/mol. The second-order valence-corrected chi connectivity index (χ2v) is 7.30. The van der Waals surface area contributed by atoms with Crippen LogP contribution in [-0.4, -0.2) is 14.3 Å². The predicted octanol–water partition coefficient (Wildman–Crippen LogP) is 2.59. The predicted molar refractivity (Wildman–Crippen MR) is 87.8 cm³/mol. The van der Waals surface area contributed by atoms with Crippen molar-refractivity contribution in [2.45, 2.75) is 17.9 Å². The molecule has 0 aliphatic carbocycles. The van der Waals surface area contributed by atoms with E-state index in [0.29, 0.717) is 5.56 Å². The largest absolute Gasteiger partial charge is 0.346 e. The van der Waals surface area contributed by atoms with Crippen LogP contribution in [0.5, 0.6) is 0 Å². The van der Waals surface area contributed by atoms with Gasteiger partial charge in [-0.25, -0.2) is 13.6 Å². The van der Waals surface area contributed by atoms with Crippen molar-refractivity contribution in [3.8, 4) is 0 Å². The Kier molecular flexibility index (Phi) is 5.00. The molecule has 2 aromatic carbocycles. The maximum Gasteiger partial charge on any atom is 0.251 e. The molecule has 1 unspecified atom stereocenters. The molecule has 7 heteroatoms. The summed E-state index contributed by atoms with van der Waals surface area (Å²) >= 11 is 3.32. The SMILES string of the molecule is CC(NC(=O)c1cccc(Br)c1)c1ccc(S(N)(=O)=O)cc1. The van der Waals surface area contributed by atoms with E-state index in [4.69, 9.17) is 5.14 Å². The number of sulfonamides is 1. The molecular formula is C15H15BrN2O3S. The molecule has 0 bridgehead atoms. The van der Waals surface area contributed by atoms with Crippen LogP contribution >= 0.6 is 15.9 Å². The molecule has 0 radical (unpaired) electrons. The van der Waals surface area contributed by atoms with Gasteiger partial charge in [0.25, 0.3) is 5.91 Å². The molecule has 2 rings (SSSR count). The smallest absolute Gasteiger partial charge is 0.251 e. The second-order valence-electron chi connectivity index (χ2n) is 4.82. The monoisotopic (exact) mass is 382 g/mol. The summed E-state index contributed by atoms with van der Waals surface area (Å²) in [7, 11) is -3.71. The van der Waals surface area contributed by atoms with Gasteiger partial charge in [0.1, 0.15) is 0 Å². The van der Waals surface area contributed by atoms with E-state index < -0.39 is 10.0 Å². The lowest BCUT2D eigenvalue weighted by Gasteiger charge is -2.15. The highest BCUT2D eigenvalue weighted by atomic mass is 79.9. The number of hydrogen-bond donors (Lipinski definition) is 2. The van der Waals surface area contributed by atoms with Crippen LogP contribution in [0.2, 0.25) is 0 Å². The highest BCUT2D eigenvalue weighted by Gasteiger charge is 2.13. The topological polar surface area (TPSA) is 89.3 Å². The molecule has 0 aliphatic rings. The number of primary sulfonamides is 1. The first-order valence-electron chi connectivity index (χ1n) is 6.46. The Labute approximate surface area is 137 Å². The first-order valence-corrected chi connectivity index (χ1v) is 8.80. The van der Waals surface area contributed by atoms with Gasteiger partial charge >= 0.3 is 0 Å². The number of amides is 1. The third-order valence-corrected chi connectivity index (χ3v) is 4.57. The Bertz CT molecular complexity index is 789. The van der Waals surface area contributed by atoms with Gasteiger partial charge in [0.05, 0.1) is 10.9 Å². The normalized spacial score (nSPS) is 12.7. The van der Waals surface area contributed by atoms with Gasteiger partial charge in [-0.15, -0.1) is 0 Å². The van der Waals surface area contributed by atoms with Crippen LogP contribution < -0.4 is 10.5 Å². The van der Waals surface area contributed by atoms with E-state index in [2.05, 4.69) is 21.2 Å². The van der Waals surface area contributed by atoms with E-state index in [1.54, 1.807) is 30.3 Å². The number of benzene rings is 2. The van der Waals surface area contributed by atoms with Crippen LogP contribution in [0.1, 0.15) is 28.9 Å². The van der Waals surface area contributed by atoms with E-state index in [1.807, 2.05) is 13.0 Å². The highest BCUT2D eigenvalue weighted by Crippen LogP contribution is 2.17. The van der Waals surface area contributed by atoms with Crippen molar-refractivity contribution in [3.05, 3.63) is 64.1 Å². The van der Waals surface area contributed by atoms with Crippen molar-refractivity contribution in [3.63, 3.8) is 0 Å². The summed E-state index contributed by atoms with van der Waals surface area (Å²) in [6.07, 6.45) is 0. The summed E-state index contributed by atoms with van der Waals surface area (Å²) < 4.78 is 23.2. The highest BCUT2D eigenvalue weighted by molar-refractivity contribution is 9.10. The maximum atomic E-state index is 12.2. The van der Waals surface area contributed by atoms with Gasteiger partial charge < -0.3 is 5.32 Å². The molecule has 1 atom stereocenters. The number of nitrogens with two attached hydrogens (primary N) is 1. The zero-order chi connectivity index (χ0) is 16.3. The van der Waals surface area contributed by atoms with Gasteiger partial charge in [-0.2, -0.15) is 0 Å². The van der Waals surface area contributed by atoms with Gasteiger partial charge in [0.15, 0.2) is 0 Å². The van der Waals surface area contributed by atoms with E-state index >= 15 is 0 Å². The van der Waals surface area contributed by atoms with Crippen LogP contribution in [0.15, 0.2) is 57.9 Å². The molecular weight excluding hydrogens is 368 g/mol. The van der Waals surface area contributed by atoms with E-state index in [9.17, 15) is 13.2 Å². The van der Waals surface area contributed by atoms with Gasteiger partial charge in [-0.3, -0.25) is 4.79 Å². The first-order chi connectivity index (χ1) is 10.3. The number of rotatable bonds is 4. The van der Waals surface area contributed by atoms with Crippen molar-refractivity contribution in [1.29, 1.82) is 0 Å². The minimum atomic E-state index is -3.71. The van der Waals surface area contributed by atoms with Crippen LogP contribution in [-0.2, 0) is 10.0 Å². The van der Waals surface area contributed by atoms with Crippen molar-refractivity contribution in [2.24, 2.45) is 5.14 Å². The van der Waals surface area contributed by atoms with E-state index in [-0.39, 0.29) is 16.8 Å². The summed E-state index contributed by atoms with van der Waals surface area (Å²) in [4.78, 5) is 12.2. The molecule has 0 spiro atoms. The summed E-state index contributed by atoms with van der Waals surface area (Å²) in [5.74, 6) is -0.204. The Balaban J connectivity index is 2.12. The van der Waals surface area contributed by atoms with Crippen molar-refractivity contribution in [1.82, 2.24) is 5.32 Å². The quantitative estimate of drug-likeness (QED) is 0.851. The Morgan fingerprint density at radius 3 is 2.36 bits per heavy atom. The molecule has 0 saturated carbocycles. The lowest BCUT2D eigenvalue weighted by atomic mass is 10.1. The molecule has 5 nitrogen and oxygen atoms in total. The summed E-state index contributed by atoms with van der Waals surface area (Å²) in [5, 5.41) is 7.91. The molecule has 2 aromatic rings. The van der Waals surface area contributed by atoms with Crippen molar-refractivity contribution < 1.29 is 13.2 Å². The van der Waals surface area contributed by atoms with Crippen LogP contribution in [0, 0.1) is 0 Å². The average Bonchev–Trinajstić information content (AvgIpc) is 2.46. The van der Waals surface area contributed by atoms with Crippen molar-refractivity contribution in [2.75, 3.05) is 0 Å². The van der Waals surface area contributed by atoms with Gasteiger partial charge in [-0.1, -0.05) is 34.1 Å². The van der Waals surface area contributed by atoms with Crippen molar-refractivity contribution >= 4 is 31.9 Å². The fourth-order valence-electron chi connectivity index (χ4n) is 1.94. The van der Waals surface area contributed by atoms with E-state index in [0.717, 1.165) is 10.0 Å². The fraction of sp³-hybridized carbons (Fsp3) is 0.133. The number of carbonyl (C=O) groups is 1. The second kappa shape index (κ2) is 6.60. The van der Waals surface area contributed by atoms with Crippen LogP contribution in [0.4, 0.5) is 0 Å². The third kappa shape index (κ3) is 4.16. The van der Waals surface area contributed by atoms with Crippen LogP contribution in [0.3, 0.4) is 0 Å². The Morgan fingerprint density at radius 1 is 1.18 bits per heavy atom. The first kappa shape index (κ1) is 16.7. The number of nitrogens with one attached hydrogen (secondary N) is 1. The lowest BCUT2D eigenvalue weighted by Crippen LogP contribution is -2.26. The fourth-order valence-corrected chi connectivity index (χ4v) is 2.85. The molecule has 0 aliphatic heterocycles. The molecule has 0 heterocycles. The van der Waals surface area contributed by atoms with Crippen LogP contribution in [0.25, 0.3) is 0 Å². The summed E-state index contributed by atoms with van der Waals surface area (Å²) in [6.45, 7) is 1.82. The number of hydrogen-bond acceptors (Lipinski definition) is 3.